The third-order valence-corrected chi connectivity index (χ3v) is 4.19. The number of halogens is 1. The molecule has 2 atom stereocenters. The summed E-state index contributed by atoms with van der Waals surface area (Å²) in [6, 6.07) is 4.42. The molecule has 0 aliphatic heterocycles. The van der Waals surface area contributed by atoms with Crippen LogP contribution in [0.5, 0.6) is 0 Å². The van der Waals surface area contributed by atoms with Crippen LogP contribution in [0.15, 0.2) is 18.2 Å². The molecule has 2 unspecified atom stereocenters. The molecule has 4 nitrogen and oxygen atoms in total. The number of para-hydroxylation sites is 1. The van der Waals surface area contributed by atoms with E-state index in [9.17, 15) is 14.5 Å². The fourth-order valence-corrected chi connectivity index (χ4v) is 3.15. The fraction of sp³-hybridized carbons (Fsp3) is 0.600. The molecule has 0 bridgehead atoms. The first-order valence-corrected chi connectivity index (χ1v) is 7.20. The van der Waals surface area contributed by atoms with Gasteiger partial charge in [0.2, 0.25) is 5.82 Å². The normalized spacial score (nSPS) is 22.8. The Kier molecular flexibility index (Phi) is 4.57. The van der Waals surface area contributed by atoms with Crippen LogP contribution in [-0.4, -0.2) is 11.0 Å². The second-order valence-electron chi connectivity index (χ2n) is 5.84. The van der Waals surface area contributed by atoms with E-state index in [0.717, 1.165) is 25.3 Å². The molecule has 1 N–H and O–H groups in total. The van der Waals surface area contributed by atoms with Crippen molar-refractivity contribution in [3.63, 3.8) is 0 Å². The molecule has 5 heteroatoms. The van der Waals surface area contributed by atoms with Crippen LogP contribution in [0.4, 0.5) is 15.8 Å². The van der Waals surface area contributed by atoms with Crippen LogP contribution in [0.3, 0.4) is 0 Å². The summed E-state index contributed by atoms with van der Waals surface area (Å²) < 4.78 is 13.6. The molecule has 0 saturated heterocycles. The summed E-state index contributed by atoms with van der Waals surface area (Å²) >= 11 is 0. The lowest BCUT2D eigenvalue weighted by Gasteiger charge is -2.35. The Morgan fingerprint density at radius 1 is 1.35 bits per heavy atom. The highest BCUT2D eigenvalue weighted by Crippen LogP contribution is 2.35. The highest BCUT2D eigenvalue weighted by molar-refractivity contribution is 5.62. The maximum atomic E-state index is 13.6. The minimum Gasteiger partial charge on any atom is -0.376 e. The Bertz CT molecular complexity index is 491. The first-order valence-electron chi connectivity index (χ1n) is 7.20. The van der Waals surface area contributed by atoms with Crippen molar-refractivity contribution in [3.05, 3.63) is 34.1 Å². The Balaban J connectivity index is 2.24. The van der Waals surface area contributed by atoms with Crippen molar-refractivity contribution in [2.45, 2.75) is 45.6 Å². The number of nitro benzene ring substituents is 1. The second-order valence-corrected chi connectivity index (χ2v) is 5.84. The smallest absolute Gasteiger partial charge is 0.327 e. The third-order valence-electron chi connectivity index (χ3n) is 4.19. The van der Waals surface area contributed by atoms with Gasteiger partial charge in [-0.1, -0.05) is 32.8 Å². The first kappa shape index (κ1) is 14.8. The lowest BCUT2D eigenvalue weighted by molar-refractivity contribution is -0.386. The van der Waals surface area contributed by atoms with E-state index in [2.05, 4.69) is 19.2 Å². The van der Waals surface area contributed by atoms with Gasteiger partial charge in [0.25, 0.3) is 0 Å². The van der Waals surface area contributed by atoms with Crippen LogP contribution in [-0.2, 0) is 0 Å². The summed E-state index contributed by atoms with van der Waals surface area (Å²) in [4.78, 5) is 10.4. The van der Waals surface area contributed by atoms with E-state index in [4.69, 9.17) is 0 Å². The van der Waals surface area contributed by atoms with Crippen molar-refractivity contribution in [2.75, 3.05) is 5.32 Å². The number of hydrogen-bond acceptors (Lipinski definition) is 3. The number of hydrogen-bond donors (Lipinski definition) is 1. The van der Waals surface area contributed by atoms with Gasteiger partial charge in [-0.15, -0.1) is 0 Å². The van der Waals surface area contributed by atoms with Crippen LogP contribution < -0.4 is 5.32 Å². The van der Waals surface area contributed by atoms with Crippen molar-refractivity contribution in [3.8, 4) is 0 Å². The maximum Gasteiger partial charge on any atom is 0.327 e. The van der Waals surface area contributed by atoms with Crippen molar-refractivity contribution in [1.82, 2.24) is 0 Å². The van der Waals surface area contributed by atoms with Crippen molar-refractivity contribution in [2.24, 2.45) is 11.8 Å². The van der Waals surface area contributed by atoms with E-state index in [-0.39, 0.29) is 6.04 Å². The number of anilines is 1. The predicted octanol–water partition coefficient (Wildman–Crippen LogP) is 4.36. The first-order chi connectivity index (χ1) is 9.50. The molecule has 1 fully saturated rings. The number of nitro groups is 1. The summed E-state index contributed by atoms with van der Waals surface area (Å²) in [5.41, 5.74) is -0.145. The van der Waals surface area contributed by atoms with Gasteiger partial charge in [-0.3, -0.25) is 10.1 Å². The Hall–Kier alpha value is -1.65. The predicted molar refractivity (Wildman–Crippen MR) is 77.3 cm³/mol. The number of nitrogens with one attached hydrogen (secondary N) is 1. The standard InChI is InChI=1S/C15H21FN2O2/c1-10(2)11-6-3-4-8-13(11)17-14-9-5-7-12(16)15(14)18(19)20/h5,7,9-11,13,17H,3-4,6,8H2,1-2H3. The topological polar surface area (TPSA) is 55.2 Å². The zero-order valence-corrected chi connectivity index (χ0v) is 11.9. The van der Waals surface area contributed by atoms with Gasteiger partial charge in [0.05, 0.1) is 4.92 Å². The maximum absolute atomic E-state index is 13.6. The Labute approximate surface area is 118 Å². The second kappa shape index (κ2) is 6.20. The zero-order valence-electron chi connectivity index (χ0n) is 11.9. The van der Waals surface area contributed by atoms with E-state index in [1.54, 1.807) is 6.07 Å². The lowest BCUT2D eigenvalue weighted by atomic mass is 9.77. The molecule has 0 radical (unpaired) electrons. The number of benzene rings is 1. The van der Waals surface area contributed by atoms with E-state index in [1.165, 1.54) is 12.5 Å². The average Bonchev–Trinajstić information content (AvgIpc) is 2.38. The van der Waals surface area contributed by atoms with E-state index in [1.807, 2.05) is 0 Å². The van der Waals surface area contributed by atoms with Gasteiger partial charge in [-0.25, -0.2) is 0 Å². The van der Waals surface area contributed by atoms with Crippen molar-refractivity contribution < 1.29 is 9.31 Å². The van der Waals surface area contributed by atoms with Crippen molar-refractivity contribution >= 4 is 11.4 Å². The van der Waals surface area contributed by atoms with E-state index < -0.39 is 16.4 Å². The summed E-state index contributed by atoms with van der Waals surface area (Å²) in [6.07, 6.45) is 4.42. The largest absolute Gasteiger partial charge is 0.376 e. The molecule has 1 aliphatic carbocycles. The fourth-order valence-electron chi connectivity index (χ4n) is 3.15. The molecule has 0 heterocycles. The third kappa shape index (κ3) is 3.08. The van der Waals surface area contributed by atoms with Gasteiger partial charge < -0.3 is 5.32 Å². The van der Waals surface area contributed by atoms with Crippen LogP contribution in [0.25, 0.3) is 0 Å². The molecule has 1 saturated carbocycles. The van der Waals surface area contributed by atoms with Crippen LogP contribution in [0.1, 0.15) is 39.5 Å². The summed E-state index contributed by atoms with van der Waals surface area (Å²) in [7, 11) is 0. The van der Waals surface area contributed by atoms with Gasteiger partial charge in [-0.05, 0) is 36.8 Å². The van der Waals surface area contributed by atoms with Crippen LogP contribution in [0.2, 0.25) is 0 Å². The molecule has 20 heavy (non-hydrogen) atoms. The Morgan fingerprint density at radius 2 is 2.05 bits per heavy atom. The molecule has 0 amide bonds. The SMILES string of the molecule is CC(C)C1CCCCC1Nc1cccc(F)c1[N+](=O)[O-]. The van der Waals surface area contributed by atoms with Crippen LogP contribution >= 0.6 is 0 Å². The minimum absolute atomic E-state index is 0.184. The zero-order chi connectivity index (χ0) is 14.7. The molecular formula is C15H21FN2O2. The van der Waals surface area contributed by atoms with Gasteiger partial charge in [0.15, 0.2) is 0 Å². The number of rotatable bonds is 4. The summed E-state index contributed by atoms with van der Waals surface area (Å²) in [6.45, 7) is 4.34. The minimum atomic E-state index is -0.781. The van der Waals surface area contributed by atoms with E-state index >= 15 is 0 Å². The van der Waals surface area contributed by atoms with E-state index in [0.29, 0.717) is 17.5 Å². The molecule has 1 aromatic rings. The van der Waals surface area contributed by atoms with Gasteiger partial charge >= 0.3 is 5.69 Å². The van der Waals surface area contributed by atoms with Gasteiger partial charge in [0.1, 0.15) is 5.69 Å². The molecule has 0 aromatic heterocycles. The highest BCUT2D eigenvalue weighted by atomic mass is 19.1. The van der Waals surface area contributed by atoms with Gasteiger partial charge in [-0.2, -0.15) is 4.39 Å². The molecule has 1 aromatic carbocycles. The van der Waals surface area contributed by atoms with Crippen molar-refractivity contribution in [1.29, 1.82) is 0 Å². The quantitative estimate of drug-likeness (QED) is 0.658. The lowest BCUT2D eigenvalue weighted by Crippen LogP contribution is -2.35. The summed E-state index contributed by atoms with van der Waals surface area (Å²) in [5.74, 6) is 0.212. The Morgan fingerprint density at radius 3 is 2.70 bits per heavy atom. The highest BCUT2D eigenvalue weighted by Gasteiger charge is 2.30. The molecule has 2 rings (SSSR count). The number of nitrogens with zero attached hydrogens (tertiary/aromatic N) is 1. The van der Waals surface area contributed by atoms with Crippen LogP contribution in [0, 0.1) is 27.8 Å². The monoisotopic (exact) mass is 280 g/mol. The molecule has 1 aliphatic rings. The van der Waals surface area contributed by atoms with Gasteiger partial charge in [0, 0.05) is 6.04 Å². The molecular weight excluding hydrogens is 259 g/mol. The average molecular weight is 280 g/mol. The summed E-state index contributed by atoms with van der Waals surface area (Å²) in [5, 5.41) is 14.2. The molecule has 110 valence electrons. The molecule has 0 spiro atoms.